The molecule has 0 bridgehead atoms. The van der Waals surface area contributed by atoms with Crippen LogP contribution in [0.1, 0.15) is 5.56 Å². The zero-order chi connectivity index (χ0) is 26.1. The van der Waals surface area contributed by atoms with E-state index in [4.69, 9.17) is 31.2 Å². The van der Waals surface area contributed by atoms with Gasteiger partial charge in [-0.1, -0.05) is 23.7 Å². The number of furan rings is 1. The molecule has 0 aliphatic rings. The van der Waals surface area contributed by atoms with Gasteiger partial charge in [0.05, 0.1) is 28.7 Å². The lowest BCUT2D eigenvalue weighted by Gasteiger charge is -2.12. The summed E-state index contributed by atoms with van der Waals surface area (Å²) in [5.74, 6) is 0.606. The maximum atomic E-state index is 13.5. The van der Waals surface area contributed by atoms with Crippen molar-refractivity contribution in [1.29, 1.82) is 0 Å². The summed E-state index contributed by atoms with van der Waals surface area (Å²) in [6, 6.07) is 17.3. The summed E-state index contributed by atoms with van der Waals surface area (Å²) in [4.78, 5) is 29.2. The number of methoxy groups -OCH3 is 1. The number of hydrogen-bond acceptors (Lipinski definition) is 7. The molecule has 2 aromatic heterocycles. The van der Waals surface area contributed by atoms with E-state index in [1.54, 1.807) is 60.7 Å². The number of para-hydroxylation sites is 1. The summed E-state index contributed by atoms with van der Waals surface area (Å²) in [5, 5.41) is 6.17. The van der Waals surface area contributed by atoms with E-state index >= 15 is 0 Å². The van der Waals surface area contributed by atoms with Crippen LogP contribution in [0, 0.1) is 0 Å². The summed E-state index contributed by atoms with van der Waals surface area (Å²) in [6.45, 7) is -0.313. The van der Waals surface area contributed by atoms with Gasteiger partial charge in [-0.15, -0.1) is 0 Å². The molecule has 0 aliphatic heterocycles. The molecule has 186 valence electrons. The second kappa shape index (κ2) is 10.1. The molecule has 5 rings (SSSR count). The number of nitrogens with two attached hydrogens (primary N) is 1. The van der Waals surface area contributed by atoms with Crippen LogP contribution >= 0.6 is 27.5 Å². The van der Waals surface area contributed by atoms with E-state index < -0.39 is 5.91 Å². The number of carbonyl (C=O) groups is 1. The number of amides is 1. The number of hydrogen-bond donors (Lipinski definition) is 1. The first-order chi connectivity index (χ1) is 17.8. The molecular weight excluding hydrogens is 564 g/mol. The third kappa shape index (κ3) is 4.93. The third-order valence-electron chi connectivity index (χ3n) is 5.39. The van der Waals surface area contributed by atoms with Crippen molar-refractivity contribution in [3.05, 3.63) is 86.1 Å². The van der Waals surface area contributed by atoms with Crippen molar-refractivity contribution < 1.29 is 18.7 Å². The predicted octanol–water partition coefficient (Wildman–Crippen LogP) is 4.98. The lowest BCUT2D eigenvalue weighted by atomic mass is 10.2. The Kier molecular flexibility index (Phi) is 6.68. The maximum Gasteiger partial charge on any atom is 0.282 e. The van der Waals surface area contributed by atoms with Crippen LogP contribution in [-0.2, 0) is 4.79 Å². The van der Waals surface area contributed by atoms with Gasteiger partial charge < -0.3 is 19.6 Å². The quantitative estimate of drug-likeness (QED) is 0.271. The molecule has 0 saturated heterocycles. The van der Waals surface area contributed by atoms with Gasteiger partial charge in [0.25, 0.3) is 11.5 Å². The second-order valence-electron chi connectivity index (χ2n) is 7.90. The molecule has 9 nitrogen and oxygen atoms in total. The Morgan fingerprint density at radius 2 is 2.03 bits per heavy atom. The summed E-state index contributed by atoms with van der Waals surface area (Å²) >= 11 is 9.54. The second-order valence-corrected chi connectivity index (χ2v) is 9.19. The molecule has 37 heavy (non-hydrogen) atoms. The molecule has 2 N–H and O–H groups in total. The summed E-state index contributed by atoms with van der Waals surface area (Å²) in [7, 11) is 1.46. The smallest absolute Gasteiger partial charge is 0.282 e. The fourth-order valence-electron chi connectivity index (χ4n) is 3.74. The van der Waals surface area contributed by atoms with Gasteiger partial charge in [0.1, 0.15) is 5.58 Å². The zero-order valence-corrected chi connectivity index (χ0v) is 21.6. The number of fused-ring (bicyclic) bond motifs is 2. The Hall–Kier alpha value is -4.15. The summed E-state index contributed by atoms with van der Waals surface area (Å²) in [6.07, 6.45) is 1.48. The molecule has 0 atom stereocenters. The molecular formula is C26H18BrClN4O5. The average Bonchev–Trinajstić information content (AvgIpc) is 3.30. The highest BCUT2D eigenvalue weighted by molar-refractivity contribution is 9.10. The molecule has 0 radical (unpaired) electrons. The minimum atomic E-state index is -0.622. The number of rotatable bonds is 7. The number of primary amides is 1. The lowest BCUT2D eigenvalue weighted by Crippen LogP contribution is -2.20. The minimum Gasteiger partial charge on any atom is -0.493 e. The largest absolute Gasteiger partial charge is 0.493 e. The Balaban J connectivity index is 1.63. The van der Waals surface area contributed by atoms with E-state index in [0.29, 0.717) is 48.8 Å². The minimum absolute atomic E-state index is 0.222. The van der Waals surface area contributed by atoms with E-state index in [1.165, 1.54) is 18.0 Å². The lowest BCUT2D eigenvalue weighted by molar-refractivity contribution is -0.119. The van der Waals surface area contributed by atoms with E-state index in [1.807, 2.05) is 0 Å². The van der Waals surface area contributed by atoms with Crippen LogP contribution in [0.25, 0.3) is 33.5 Å². The van der Waals surface area contributed by atoms with Gasteiger partial charge in [-0.25, -0.2) is 4.98 Å². The highest BCUT2D eigenvalue weighted by Gasteiger charge is 2.17. The van der Waals surface area contributed by atoms with Crippen LogP contribution in [0.3, 0.4) is 0 Å². The normalized spacial score (nSPS) is 11.4. The van der Waals surface area contributed by atoms with E-state index in [-0.39, 0.29) is 18.0 Å². The first-order valence-corrected chi connectivity index (χ1v) is 12.1. The van der Waals surface area contributed by atoms with Crippen LogP contribution in [0.2, 0.25) is 5.02 Å². The van der Waals surface area contributed by atoms with E-state index in [2.05, 4.69) is 26.0 Å². The molecule has 3 aromatic carbocycles. The fourth-order valence-corrected chi connectivity index (χ4v) is 4.49. The molecule has 2 heterocycles. The van der Waals surface area contributed by atoms with Crippen molar-refractivity contribution in [3.63, 3.8) is 0 Å². The molecule has 0 spiro atoms. The Morgan fingerprint density at radius 1 is 1.22 bits per heavy atom. The Labute approximate surface area is 223 Å². The molecule has 5 aromatic rings. The average molecular weight is 582 g/mol. The van der Waals surface area contributed by atoms with Crippen LogP contribution in [0.5, 0.6) is 11.5 Å². The first-order valence-electron chi connectivity index (χ1n) is 10.9. The van der Waals surface area contributed by atoms with Gasteiger partial charge in [0.15, 0.2) is 23.9 Å². The van der Waals surface area contributed by atoms with Gasteiger partial charge in [-0.2, -0.15) is 9.78 Å². The van der Waals surface area contributed by atoms with E-state index in [9.17, 15) is 9.59 Å². The Bertz CT molecular complexity index is 1760. The van der Waals surface area contributed by atoms with Gasteiger partial charge in [-0.3, -0.25) is 9.59 Å². The summed E-state index contributed by atoms with van der Waals surface area (Å²) in [5.41, 5.74) is 6.49. The van der Waals surface area contributed by atoms with Gasteiger partial charge in [0.2, 0.25) is 5.82 Å². The van der Waals surface area contributed by atoms with Crippen molar-refractivity contribution >= 4 is 61.5 Å². The Morgan fingerprint density at radius 3 is 2.81 bits per heavy atom. The highest BCUT2D eigenvalue weighted by atomic mass is 79.9. The van der Waals surface area contributed by atoms with Crippen molar-refractivity contribution in [1.82, 2.24) is 9.66 Å². The number of aromatic nitrogens is 2. The molecule has 1 amide bonds. The molecule has 0 unspecified atom stereocenters. The van der Waals surface area contributed by atoms with Crippen molar-refractivity contribution in [2.75, 3.05) is 13.7 Å². The number of carbonyl (C=O) groups excluding carboxylic acids is 1. The standard InChI is InChI=1S/C26H18BrClN4O5/c1-35-21-9-14(8-18(27)24(21)36-13-23(29)33)12-30-32-25(31-19-5-3-2-4-17(19)26(32)34)22-11-15-10-16(28)6-7-20(15)37-22/h2-12H,13H2,1H3,(H2,29,33). The zero-order valence-electron chi connectivity index (χ0n) is 19.3. The topological polar surface area (TPSA) is 122 Å². The monoisotopic (exact) mass is 580 g/mol. The number of halogens is 2. The SMILES string of the molecule is COc1cc(C=Nn2c(-c3cc4cc(Cl)ccc4o3)nc3ccccc3c2=O)cc(Br)c1OCC(N)=O. The molecule has 0 fully saturated rings. The van der Waals surface area contributed by atoms with Crippen molar-refractivity contribution in [2.45, 2.75) is 0 Å². The van der Waals surface area contributed by atoms with Crippen molar-refractivity contribution in [2.24, 2.45) is 10.8 Å². The first kappa shape index (κ1) is 24.5. The van der Waals surface area contributed by atoms with Crippen molar-refractivity contribution in [3.8, 4) is 23.1 Å². The highest BCUT2D eigenvalue weighted by Crippen LogP contribution is 2.36. The number of nitrogens with zero attached hydrogens (tertiary/aromatic N) is 3. The third-order valence-corrected chi connectivity index (χ3v) is 6.21. The van der Waals surface area contributed by atoms with Gasteiger partial charge >= 0.3 is 0 Å². The predicted molar refractivity (Wildman–Crippen MR) is 145 cm³/mol. The van der Waals surface area contributed by atoms with Crippen LogP contribution in [0.4, 0.5) is 0 Å². The molecule has 0 saturated carbocycles. The maximum absolute atomic E-state index is 13.5. The fraction of sp³-hybridized carbons (Fsp3) is 0.0769. The van der Waals surface area contributed by atoms with Crippen LogP contribution < -0.4 is 20.8 Å². The molecule has 11 heteroatoms. The van der Waals surface area contributed by atoms with Gasteiger partial charge in [-0.05, 0) is 70.0 Å². The van der Waals surface area contributed by atoms with Crippen LogP contribution in [-0.4, -0.2) is 35.5 Å². The van der Waals surface area contributed by atoms with E-state index in [0.717, 1.165) is 5.39 Å². The molecule has 0 aliphatic carbocycles. The number of ether oxygens (including phenoxy) is 2. The summed E-state index contributed by atoms with van der Waals surface area (Å²) < 4.78 is 18.5. The van der Waals surface area contributed by atoms with Gasteiger partial charge in [0, 0.05) is 10.4 Å². The number of benzene rings is 3. The van der Waals surface area contributed by atoms with Crippen LogP contribution in [0.15, 0.2) is 79.4 Å².